The molecule has 0 radical (unpaired) electrons. The van der Waals surface area contributed by atoms with Gasteiger partial charge in [-0.15, -0.1) is 0 Å². The molecule has 3 rings (SSSR count). The third kappa shape index (κ3) is 3.41. The Morgan fingerprint density at radius 2 is 1.83 bits per heavy atom. The first-order valence-electron chi connectivity index (χ1n) is 7.03. The van der Waals surface area contributed by atoms with E-state index in [2.05, 4.69) is 5.10 Å². The lowest BCUT2D eigenvalue weighted by atomic mass is 10.0. The predicted molar refractivity (Wildman–Crippen MR) is 78.1 cm³/mol. The molecule has 0 N–H and O–H groups in total. The first-order valence-corrected chi connectivity index (χ1v) is 7.03. The highest BCUT2D eigenvalue weighted by molar-refractivity contribution is 5.78. The van der Waals surface area contributed by atoms with Crippen LogP contribution in [0.2, 0.25) is 0 Å². The van der Waals surface area contributed by atoms with Gasteiger partial charge in [0, 0.05) is 17.0 Å². The topological polar surface area (TPSA) is 38.4 Å². The molecule has 1 aliphatic heterocycles. The van der Waals surface area contributed by atoms with Gasteiger partial charge < -0.3 is 5.11 Å². The second-order valence-electron chi connectivity index (χ2n) is 5.26. The van der Waals surface area contributed by atoms with Crippen molar-refractivity contribution in [3.8, 4) is 0 Å². The molecule has 0 aliphatic carbocycles. The Morgan fingerprint density at radius 1 is 1.09 bits per heavy atom. The molecule has 1 aliphatic rings. The van der Waals surface area contributed by atoms with Gasteiger partial charge in [-0.3, -0.25) is 0 Å². The SMILES string of the molecule is [O-]C1=N/[N+](=C\c2cccc(C(F)(F)F)c2)C(c2ccccc2)C1. The van der Waals surface area contributed by atoms with Gasteiger partial charge >= 0.3 is 6.18 Å². The third-order valence-electron chi connectivity index (χ3n) is 3.59. The minimum absolute atomic E-state index is 0.208. The van der Waals surface area contributed by atoms with Gasteiger partial charge in [-0.25, -0.2) is 0 Å². The van der Waals surface area contributed by atoms with Crippen LogP contribution in [0.4, 0.5) is 13.2 Å². The van der Waals surface area contributed by atoms with Crippen molar-refractivity contribution in [3.05, 3.63) is 71.3 Å². The molecule has 2 aromatic rings. The number of hydrogen-bond acceptors (Lipinski definition) is 2. The summed E-state index contributed by atoms with van der Waals surface area (Å²) < 4.78 is 39.8. The van der Waals surface area contributed by atoms with Gasteiger partial charge in [0.2, 0.25) is 12.3 Å². The average Bonchev–Trinajstić information content (AvgIpc) is 2.88. The fourth-order valence-electron chi connectivity index (χ4n) is 2.51. The number of halogens is 3. The highest BCUT2D eigenvalue weighted by Gasteiger charge is 2.32. The molecule has 0 bridgehead atoms. The molecule has 1 unspecified atom stereocenters. The van der Waals surface area contributed by atoms with Crippen LogP contribution in [0.25, 0.3) is 0 Å². The molecule has 3 nitrogen and oxygen atoms in total. The molecule has 1 atom stereocenters. The van der Waals surface area contributed by atoms with Crippen LogP contribution in [0.15, 0.2) is 59.7 Å². The summed E-state index contributed by atoms with van der Waals surface area (Å²) in [4.78, 5) is 0. The van der Waals surface area contributed by atoms with Crippen LogP contribution < -0.4 is 5.11 Å². The second kappa shape index (κ2) is 5.87. The summed E-state index contributed by atoms with van der Waals surface area (Å²) in [7, 11) is 0. The quantitative estimate of drug-likeness (QED) is 0.785. The van der Waals surface area contributed by atoms with Crippen molar-refractivity contribution in [1.29, 1.82) is 0 Å². The largest absolute Gasteiger partial charge is 0.857 e. The van der Waals surface area contributed by atoms with E-state index in [1.54, 1.807) is 6.07 Å². The Morgan fingerprint density at radius 3 is 2.52 bits per heavy atom. The molecular formula is C17H13F3N2O. The zero-order valence-electron chi connectivity index (χ0n) is 12.0. The minimum Gasteiger partial charge on any atom is -0.857 e. The van der Waals surface area contributed by atoms with Gasteiger partial charge in [-0.2, -0.15) is 13.2 Å². The lowest BCUT2D eigenvalue weighted by Gasteiger charge is -2.07. The van der Waals surface area contributed by atoms with Crippen LogP contribution in [0, 0.1) is 0 Å². The highest BCUT2D eigenvalue weighted by Crippen LogP contribution is 2.30. The number of rotatable bonds is 2. The Labute approximate surface area is 131 Å². The number of alkyl halides is 3. The molecule has 0 aromatic heterocycles. The van der Waals surface area contributed by atoms with E-state index in [1.165, 1.54) is 17.0 Å². The van der Waals surface area contributed by atoms with E-state index in [1.807, 2.05) is 30.3 Å². The molecule has 2 aromatic carbocycles. The Balaban J connectivity index is 1.97. The Hall–Kier alpha value is -2.63. The molecule has 0 fully saturated rings. The molecule has 1 heterocycles. The summed E-state index contributed by atoms with van der Waals surface area (Å²) in [6, 6.07) is 13.9. The van der Waals surface area contributed by atoms with E-state index < -0.39 is 11.7 Å². The summed E-state index contributed by atoms with van der Waals surface area (Å²) >= 11 is 0. The van der Waals surface area contributed by atoms with Crippen molar-refractivity contribution in [2.75, 3.05) is 0 Å². The normalized spacial score (nSPS) is 19.9. The number of hydrogen-bond donors (Lipinski definition) is 0. The fourth-order valence-corrected chi connectivity index (χ4v) is 2.51. The van der Waals surface area contributed by atoms with E-state index in [-0.39, 0.29) is 18.4 Å². The third-order valence-corrected chi connectivity index (χ3v) is 3.59. The number of hydrazone groups is 1. The molecule has 118 valence electrons. The van der Waals surface area contributed by atoms with Gasteiger partial charge in [-0.1, -0.05) is 41.1 Å². The monoisotopic (exact) mass is 318 g/mol. The zero-order valence-corrected chi connectivity index (χ0v) is 12.0. The summed E-state index contributed by atoms with van der Waals surface area (Å²) in [5.41, 5.74) is 0.512. The fraction of sp³-hybridized carbons (Fsp3) is 0.176. The summed E-state index contributed by atoms with van der Waals surface area (Å²) in [5.74, 6) is -0.290. The van der Waals surface area contributed by atoms with Gasteiger partial charge in [-0.05, 0) is 23.3 Å². The molecule has 6 heteroatoms. The van der Waals surface area contributed by atoms with E-state index >= 15 is 0 Å². The van der Waals surface area contributed by atoms with Crippen LogP contribution in [0.5, 0.6) is 0 Å². The van der Waals surface area contributed by atoms with Gasteiger partial charge in [0.15, 0.2) is 0 Å². The number of nitrogens with zero attached hydrogens (tertiary/aromatic N) is 2. The van der Waals surface area contributed by atoms with Gasteiger partial charge in [0.25, 0.3) is 0 Å². The van der Waals surface area contributed by atoms with E-state index in [9.17, 15) is 18.3 Å². The second-order valence-corrected chi connectivity index (χ2v) is 5.26. The zero-order chi connectivity index (χ0) is 16.4. The van der Waals surface area contributed by atoms with Crippen molar-refractivity contribution < 1.29 is 23.0 Å². The van der Waals surface area contributed by atoms with Gasteiger partial charge in [0.05, 0.1) is 12.0 Å². The molecule has 23 heavy (non-hydrogen) atoms. The first kappa shape index (κ1) is 15.3. The maximum atomic E-state index is 12.8. The minimum atomic E-state index is -4.40. The highest BCUT2D eigenvalue weighted by atomic mass is 19.4. The van der Waals surface area contributed by atoms with E-state index in [0.29, 0.717) is 5.56 Å². The van der Waals surface area contributed by atoms with Crippen molar-refractivity contribution in [1.82, 2.24) is 0 Å². The molecule has 0 saturated heterocycles. The van der Waals surface area contributed by atoms with Crippen LogP contribution in [0.1, 0.15) is 29.2 Å². The van der Waals surface area contributed by atoms with Crippen molar-refractivity contribution in [3.63, 3.8) is 0 Å². The first-order chi connectivity index (χ1) is 10.9. The molecule has 0 spiro atoms. The van der Waals surface area contributed by atoms with Gasteiger partial charge in [0.1, 0.15) is 0 Å². The predicted octanol–water partition coefficient (Wildman–Crippen LogP) is 2.96. The Bertz CT molecular complexity index is 767. The summed E-state index contributed by atoms with van der Waals surface area (Å²) in [5, 5.41) is 15.5. The molecule has 0 amide bonds. The maximum absolute atomic E-state index is 12.8. The van der Waals surface area contributed by atoms with Crippen LogP contribution in [-0.4, -0.2) is 16.8 Å². The lowest BCUT2D eigenvalue weighted by molar-refractivity contribution is -0.563. The summed E-state index contributed by atoms with van der Waals surface area (Å²) in [6.45, 7) is 0. The lowest BCUT2D eigenvalue weighted by Crippen LogP contribution is -2.15. The van der Waals surface area contributed by atoms with Crippen LogP contribution in [-0.2, 0) is 6.18 Å². The van der Waals surface area contributed by atoms with Crippen LogP contribution >= 0.6 is 0 Å². The van der Waals surface area contributed by atoms with E-state index in [0.717, 1.165) is 17.7 Å². The van der Waals surface area contributed by atoms with Crippen LogP contribution in [0.3, 0.4) is 0 Å². The number of benzene rings is 2. The smallest absolute Gasteiger partial charge is 0.416 e. The van der Waals surface area contributed by atoms with E-state index in [4.69, 9.17) is 0 Å². The van der Waals surface area contributed by atoms with Crippen molar-refractivity contribution in [2.24, 2.45) is 5.10 Å². The molecular weight excluding hydrogens is 305 g/mol. The summed E-state index contributed by atoms with van der Waals surface area (Å²) in [6.07, 6.45) is -2.72. The average molecular weight is 318 g/mol. The molecule has 0 saturated carbocycles. The standard InChI is InChI=1S/C17H13F3N2O/c18-17(19,20)14-8-4-5-12(9-14)11-22-15(10-16(23)21-22)13-6-2-1-3-7-13/h1-9,11,15H,10H2/b22-11-. The van der Waals surface area contributed by atoms with Crippen molar-refractivity contribution in [2.45, 2.75) is 18.6 Å². The Kier molecular flexibility index (Phi) is 3.90. The maximum Gasteiger partial charge on any atom is 0.416 e. The van der Waals surface area contributed by atoms with Crippen molar-refractivity contribution >= 4 is 12.1 Å².